The summed E-state index contributed by atoms with van der Waals surface area (Å²) >= 11 is 0.953. The van der Waals surface area contributed by atoms with Crippen LogP contribution >= 0.6 is 11.3 Å². The molecular weight excluding hydrogens is 470 g/mol. The second-order valence-corrected chi connectivity index (χ2v) is 8.75. The molecule has 1 aromatic carbocycles. The molecule has 1 aliphatic rings. The van der Waals surface area contributed by atoms with Crippen molar-refractivity contribution in [2.45, 2.75) is 26.8 Å². The molecule has 1 saturated heterocycles. The third-order valence-electron chi connectivity index (χ3n) is 5.59. The fourth-order valence-corrected chi connectivity index (χ4v) is 4.92. The average molecular weight is 494 g/mol. The van der Waals surface area contributed by atoms with E-state index in [4.69, 9.17) is 9.47 Å². The van der Waals surface area contributed by atoms with Crippen LogP contribution in [0.2, 0.25) is 0 Å². The normalized spacial score (nSPS) is 17.0. The van der Waals surface area contributed by atoms with Gasteiger partial charge in [0.15, 0.2) is 5.13 Å². The molecule has 3 heterocycles. The van der Waals surface area contributed by atoms with Crippen molar-refractivity contribution >= 4 is 39.9 Å². The van der Waals surface area contributed by atoms with E-state index in [2.05, 4.69) is 9.97 Å². The molecule has 1 aliphatic heterocycles. The molecule has 2 aromatic heterocycles. The van der Waals surface area contributed by atoms with Crippen LogP contribution in [0.5, 0.6) is 5.75 Å². The molecule has 3 aromatic rings. The number of hydrogen-bond acceptors (Lipinski definition) is 9. The number of hydrogen-bond donors (Lipinski definition) is 1. The molecule has 4 rings (SSSR count). The molecule has 1 atom stereocenters. The summed E-state index contributed by atoms with van der Waals surface area (Å²) in [5.41, 5.74) is 1.83. The first kappa shape index (κ1) is 24.1. The van der Waals surface area contributed by atoms with Crippen LogP contribution in [-0.2, 0) is 14.3 Å². The summed E-state index contributed by atoms with van der Waals surface area (Å²) in [6.07, 6.45) is 3.08. The first-order valence-electron chi connectivity index (χ1n) is 10.8. The maximum absolute atomic E-state index is 13.3. The van der Waals surface area contributed by atoms with Crippen molar-refractivity contribution in [3.63, 3.8) is 0 Å². The van der Waals surface area contributed by atoms with Gasteiger partial charge < -0.3 is 14.6 Å². The number of thiazole rings is 1. The van der Waals surface area contributed by atoms with Gasteiger partial charge >= 0.3 is 11.9 Å². The predicted octanol–water partition coefficient (Wildman–Crippen LogP) is 3.97. The van der Waals surface area contributed by atoms with Crippen molar-refractivity contribution in [3.05, 3.63) is 75.6 Å². The Morgan fingerprint density at radius 2 is 2.00 bits per heavy atom. The summed E-state index contributed by atoms with van der Waals surface area (Å²) in [5.74, 6) is -2.02. The zero-order chi connectivity index (χ0) is 25.3. The monoisotopic (exact) mass is 493 g/mol. The van der Waals surface area contributed by atoms with Gasteiger partial charge in [-0.3, -0.25) is 19.5 Å². The lowest BCUT2D eigenvalue weighted by Gasteiger charge is -2.22. The lowest BCUT2D eigenvalue weighted by Crippen LogP contribution is -2.29. The molecule has 180 valence electrons. The number of nitrogens with zero attached hydrogens (tertiary/aromatic N) is 3. The van der Waals surface area contributed by atoms with Gasteiger partial charge in [0.2, 0.25) is 0 Å². The van der Waals surface area contributed by atoms with Crippen molar-refractivity contribution in [2.24, 2.45) is 0 Å². The topological polar surface area (TPSA) is 119 Å². The van der Waals surface area contributed by atoms with Crippen LogP contribution in [0.4, 0.5) is 5.13 Å². The minimum Gasteiger partial charge on any atom is -0.507 e. The van der Waals surface area contributed by atoms with Crippen LogP contribution in [0.15, 0.2) is 48.3 Å². The van der Waals surface area contributed by atoms with Gasteiger partial charge in [0.05, 0.1) is 31.0 Å². The first-order valence-corrected chi connectivity index (χ1v) is 11.6. The number of carbonyl (C=O) groups is 3. The number of aromatic nitrogens is 2. The molecule has 0 radical (unpaired) electrons. The summed E-state index contributed by atoms with van der Waals surface area (Å²) in [4.78, 5) is 48.9. The van der Waals surface area contributed by atoms with E-state index in [0.29, 0.717) is 28.1 Å². The maximum Gasteiger partial charge on any atom is 0.350 e. The standard InChI is InChI=1S/C25H23N3O6S/c1-5-34-24(32)22-14(3)27-25(35-22)28-19(15-7-6-10-26-12-15)18(21(30)23(28)31)20(29)17-9-8-16(33-4)11-13(17)2/h6-12,19,29H,5H2,1-4H3/t19-/m0/s1. The number of rotatable bonds is 6. The Labute approximate surface area is 205 Å². The van der Waals surface area contributed by atoms with Gasteiger partial charge in [-0.05, 0) is 56.2 Å². The Kier molecular flexibility index (Phi) is 6.65. The fourth-order valence-electron chi connectivity index (χ4n) is 3.93. The summed E-state index contributed by atoms with van der Waals surface area (Å²) < 4.78 is 10.3. The maximum atomic E-state index is 13.3. The van der Waals surface area contributed by atoms with Crippen LogP contribution in [0, 0.1) is 13.8 Å². The van der Waals surface area contributed by atoms with Crippen LogP contribution in [0.3, 0.4) is 0 Å². The van der Waals surface area contributed by atoms with Crippen molar-refractivity contribution in [1.29, 1.82) is 0 Å². The number of ketones is 1. The number of amides is 1. The van der Waals surface area contributed by atoms with Gasteiger partial charge in [0, 0.05) is 18.0 Å². The molecule has 10 heteroatoms. The minimum atomic E-state index is -0.995. The van der Waals surface area contributed by atoms with E-state index >= 15 is 0 Å². The van der Waals surface area contributed by atoms with Crippen LogP contribution in [0.25, 0.3) is 5.76 Å². The Morgan fingerprint density at radius 1 is 1.23 bits per heavy atom. The molecule has 0 bridgehead atoms. The highest BCUT2D eigenvalue weighted by Gasteiger charge is 2.48. The van der Waals surface area contributed by atoms with Gasteiger partial charge in [-0.2, -0.15) is 0 Å². The number of Topliss-reactive ketones (excluding diaryl/α,β-unsaturated/α-hetero) is 1. The SMILES string of the molecule is CCOC(=O)c1sc(N2C(=O)C(=O)C(=C(O)c3ccc(OC)cc3C)[C@@H]2c2cccnc2)nc1C. The first-order chi connectivity index (χ1) is 16.8. The molecule has 35 heavy (non-hydrogen) atoms. The van der Waals surface area contributed by atoms with Crippen molar-refractivity contribution < 1.29 is 29.0 Å². The molecule has 0 spiro atoms. The molecule has 1 fully saturated rings. The quantitative estimate of drug-likeness (QED) is 0.237. The van der Waals surface area contributed by atoms with Crippen molar-refractivity contribution in [1.82, 2.24) is 9.97 Å². The van der Waals surface area contributed by atoms with E-state index in [1.807, 2.05) is 0 Å². The summed E-state index contributed by atoms with van der Waals surface area (Å²) in [6, 6.07) is 7.39. The Balaban J connectivity index is 1.91. The Morgan fingerprint density at radius 3 is 2.63 bits per heavy atom. The van der Waals surface area contributed by atoms with Crippen LogP contribution < -0.4 is 9.64 Å². The molecule has 1 amide bonds. The van der Waals surface area contributed by atoms with Gasteiger partial charge in [-0.15, -0.1) is 0 Å². The molecular formula is C25H23N3O6S. The van der Waals surface area contributed by atoms with E-state index in [1.165, 1.54) is 18.2 Å². The molecule has 9 nitrogen and oxygen atoms in total. The molecule has 0 saturated carbocycles. The zero-order valence-corrected chi connectivity index (χ0v) is 20.4. The van der Waals surface area contributed by atoms with E-state index in [9.17, 15) is 19.5 Å². The number of esters is 1. The molecule has 0 unspecified atom stereocenters. The number of aliphatic hydroxyl groups is 1. The smallest absolute Gasteiger partial charge is 0.350 e. The Hall–Kier alpha value is -4.05. The van der Waals surface area contributed by atoms with E-state index < -0.39 is 23.7 Å². The number of pyridine rings is 1. The second kappa shape index (κ2) is 9.67. The van der Waals surface area contributed by atoms with Crippen molar-refractivity contribution in [3.8, 4) is 5.75 Å². The predicted molar refractivity (Wildman–Crippen MR) is 130 cm³/mol. The highest BCUT2D eigenvalue weighted by atomic mass is 32.1. The van der Waals surface area contributed by atoms with Gasteiger partial charge in [0.1, 0.15) is 16.4 Å². The molecule has 1 N–H and O–H groups in total. The average Bonchev–Trinajstić information content (AvgIpc) is 3.36. The number of carbonyl (C=O) groups excluding carboxylic acids is 3. The largest absolute Gasteiger partial charge is 0.507 e. The third-order valence-corrected chi connectivity index (χ3v) is 6.72. The van der Waals surface area contributed by atoms with Gasteiger partial charge in [-0.1, -0.05) is 17.4 Å². The number of anilines is 1. The lowest BCUT2D eigenvalue weighted by atomic mass is 9.95. The summed E-state index contributed by atoms with van der Waals surface area (Å²) in [7, 11) is 1.53. The zero-order valence-electron chi connectivity index (χ0n) is 19.6. The van der Waals surface area contributed by atoms with Gasteiger partial charge in [-0.25, -0.2) is 9.78 Å². The lowest BCUT2D eigenvalue weighted by molar-refractivity contribution is -0.132. The van der Waals surface area contributed by atoms with E-state index in [0.717, 1.165) is 11.3 Å². The second-order valence-electron chi connectivity index (χ2n) is 7.77. The number of methoxy groups -OCH3 is 1. The van der Waals surface area contributed by atoms with E-state index in [-0.39, 0.29) is 27.9 Å². The van der Waals surface area contributed by atoms with E-state index in [1.54, 1.807) is 57.3 Å². The number of ether oxygens (including phenoxy) is 2. The minimum absolute atomic E-state index is 0.0956. The van der Waals surface area contributed by atoms with Crippen LogP contribution in [-0.4, -0.2) is 46.5 Å². The van der Waals surface area contributed by atoms with Crippen LogP contribution in [0.1, 0.15) is 45.0 Å². The van der Waals surface area contributed by atoms with Gasteiger partial charge in [0.25, 0.3) is 5.78 Å². The number of aryl methyl sites for hydroxylation is 2. The Bertz CT molecular complexity index is 1350. The highest BCUT2D eigenvalue weighted by molar-refractivity contribution is 7.17. The number of aliphatic hydroxyl groups excluding tert-OH is 1. The fraction of sp³-hybridized carbons (Fsp3) is 0.240. The summed E-state index contributed by atoms with van der Waals surface area (Å²) in [6.45, 7) is 5.27. The summed E-state index contributed by atoms with van der Waals surface area (Å²) in [5, 5.41) is 11.4. The number of benzene rings is 1. The highest BCUT2D eigenvalue weighted by Crippen LogP contribution is 2.44. The molecule has 0 aliphatic carbocycles. The third kappa shape index (κ3) is 4.28. The van der Waals surface area contributed by atoms with Crippen molar-refractivity contribution in [2.75, 3.05) is 18.6 Å².